The summed E-state index contributed by atoms with van der Waals surface area (Å²) in [5.74, 6) is 0.344. The molecule has 0 unspecified atom stereocenters. The molecule has 16 heavy (non-hydrogen) atoms. The molecule has 0 radical (unpaired) electrons. The zero-order chi connectivity index (χ0) is 11.2. The van der Waals surface area contributed by atoms with Crippen LogP contribution in [0.25, 0.3) is 6.08 Å². The van der Waals surface area contributed by atoms with Crippen LogP contribution in [-0.4, -0.2) is 10.7 Å². The van der Waals surface area contributed by atoms with Gasteiger partial charge in [-0.05, 0) is 43.7 Å². The molecule has 0 amide bonds. The second kappa shape index (κ2) is 3.46. The Morgan fingerprint density at radius 2 is 2.12 bits per heavy atom. The van der Waals surface area contributed by atoms with Gasteiger partial charge in [0, 0.05) is 5.92 Å². The maximum Gasteiger partial charge on any atom is 0.0688 e. The highest BCUT2D eigenvalue weighted by atomic mass is 16.3. The topological polar surface area (TPSA) is 20.2 Å². The van der Waals surface area contributed by atoms with Crippen LogP contribution in [0.1, 0.15) is 37.3 Å². The van der Waals surface area contributed by atoms with Gasteiger partial charge in [0.25, 0.3) is 0 Å². The third kappa shape index (κ3) is 1.51. The molecule has 1 aromatic rings. The van der Waals surface area contributed by atoms with Gasteiger partial charge in [0.1, 0.15) is 0 Å². The fourth-order valence-electron chi connectivity index (χ4n) is 3.20. The second-order valence-corrected chi connectivity index (χ2v) is 5.39. The molecule has 0 heterocycles. The van der Waals surface area contributed by atoms with E-state index in [-0.39, 0.29) is 0 Å². The zero-order valence-electron chi connectivity index (χ0n) is 9.74. The van der Waals surface area contributed by atoms with E-state index in [1.54, 1.807) is 0 Å². The standard InChI is InChI=1S/C15H18O/c1-15(16)8-4-7-13-9-11-5-2-3-6-12(11)10-14(13)15/h2-3,5-6,9,14,16H,4,7-8,10H2,1H3/t14-,15-/m1/s1. The highest BCUT2D eigenvalue weighted by Crippen LogP contribution is 2.43. The van der Waals surface area contributed by atoms with Crippen molar-refractivity contribution in [2.75, 3.05) is 0 Å². The van der Waals surface area contributed by atoms with Crippen LogP contribution in [0.5, 0.6) is 0 Å². The smallest absolute Gasteiger partial charge is 0.0688 e. The van der Waals surface area contributed by atoms with Gasteiger partial charge >= 0.3 is 0 Å². The largest absolute Gasteiger partial charge is 0.390 e. The monoisotopic (exact) mass is 214 g/mol. The quantitative estimate of drug-likeness (QED) is 0.703. The Morgan fingerprint density at radius 1 is 1.31 bits per heavy atom. The molecule has 1 aromatic carbocycles. The minimum absolute atomic E-state index is 0.344. The minimum atomic E-state index is -0.502. The molecule has 2 atom stereocenters. The van der Waals surface area contributed by atoms with Gasteiger partial charge in [-0.1, -0.05) is 35.9 Å². The van der Waals surface area contributed by atoms with Gasteiger partial charge < -0.3 is 5.11 Å². The van der Waals surface area contributed by atoms with Crippen molar-refractivity contribution in [2.45, 2.75) is 38.2 Å². The van der Waals surface area contributed by atoms with Crippen molar-refractivity contribution in [1.29, 1.82) is 0 Å². The van der Waals surface area contributed by atoms with E-state index in [0.29, 0.717) is 5.92 Å². The number of hydrogen-bond acceptors (Lipinski definition) is 1. The molecular formula is C15H18O. The van der Waals surface area contributed by atoms with Crippen LogP contribution in [0.4, 0.5) is 0 Å². The Bertz CT molecular complexity index is 443. The average molecular weight is 214 g/mol. The van der Waals surface area contributed by atoms with Gasteiger partial charge in [-0.15, -0.1) is 0 Å². The van der Waals surface area contributed by atoms with Crippen molar-refractivity contribution >= 4 is 6.08 Å². The van der Waals surface area contributed by atoms with Gasteiger partial charge in [-0.3, -0.25) is 0 Å². The predicted molar refractivity (Wildman–Crippen MR) is 66.1 cm³/mol. The summed E-state index contributed by atoms with van der Waals surface area (Å²) in [4.78, 5) is 0. The minimum Gasteiger partial charge on any atom is -0.390 e. The molecule has 0 saturated heterocycles. The van der Waals surface area contributed by atoms with Crippen LogP contribution in [0.3, 0.4) is 0 Å². The summed E-state index contributed by atoms with van der Waals surface area (Å²) in [6.07, 6.45) is 6.54. The number of aliphatic hydroxyl groups is 1. The third-order valence-corrected chi connectivity index (χ3v) is 4.17. The molecule has 3 rings (SSSR count). The maximum absolute atomic E-state index is 10.5. The van der Waals surface area contributed by atoms with Crippen LogP contribution >= 0.6 is 0 Å². The Kier molecular flexibility index (Phi) is 2.18. The first-order chi connectivity index (χ1) is 7.67. The molecule has 2 aliphatic carbocycles. The van der Waals surface area contributed by atoms with Gasteiger partial charge in [0.2, 0.25) is 0 Å². The van der Waals surface area contributed by atoms with Crippen molar-refractivity contribution in [3.05, 3.63) is 41.0 Å². The van der Waals surface area contributed by atoms with Crippen molar-refractivity contribution in [3.8, 4) is 0 Å². The van der Waals surface area contributed by atoms with Gasteiger partial charge in [-0.25, -0.2) is 0 Å². The summed E-state index contributed by atoms with van der Waals surface area (Å²) < 4.78 is 0. The van der Waals surface area contributed by atoms with E-state index in [9.17, 15) is 5.11 Å². The first kappa shape index (κ1) is 10.1. The van der Waals surface area contributed by atoms with Crippen LogP contribution in [0.15, 0.2) is 29.8 Å². The zero-order valence-corrected chi connectivity index (χ0v) is 9.74. The lowest BCUT2D eigenvalue weighted by atomic mass is 9.68. The van der Waals surface area contributed by atoms with Crippen molar-refractivity contribution < 1.29 is 5.11 Å². The predicted octanol–water partition coefficient (Wildman–Crippen LogP) is 3.18. The van der Waals surface area contributed by atoms with Crippen LogP contribution < -0.4 is 0 Å². The van der Waals surface area contributed by atoms with Crippen LogP contribution in [0.2, 0.25) is 0 Å². The summed E-state index contributed by atoms with van der Waals surface area (Å²) >= 11 is 0. The lowest BCUT2D eigenvalue weighted by molar-refractivity contribution is -0.00888. The maximum atomic E-state index is 10.5. The summed E-state index contributed by atoms with van der Waals surface area (Å²) in [6, 6.07) is 8.56. The molecular weight excluding hydrogens is 196 g/mol. The van der Waals surface area contributed by atoms with E-state index in [4.69, 9.17) is 0 Å². The molecule has 0 bridgehead atoms. The van der Waals surface area contributed by atoms with Gasteiger partial charge in [0.15, 0.2) is 0 Å². The number of benzene rings is 1. The lowest BCUT2D eigenvalue weighted by Crippen LogP contribution is -2.41. The van der Waals surface area contributed by atoms with E-state index in [2.05, 4.69) is 30.3 Å². The van der Waals surface area contributed by atoms with E-state index < -0.39 is 5.60 Å². The van der Waals surface area contributed by atoms with E-state index in [0.717, 1.165) is 25.7 Å². The number of rotatable bonds is 0. The number of fused-ring (bicyclic) bond motifs is 2. The summed E-state index contributed by atoms with van der Waals surface area (Å²) in [6.45, 7) is 2.00. The van der Waals surface area contributed by atoms with E-state index in [1.807, 2.05) is 6.92 Å². The van der Waals surface area contributed by atoms with Crippen molar-refractivity contribution in [2.24, 2.45) is 5.92 Å². The third-order valence-electron chi connectivity index (χ3n) is 4.17. The molecule has 1 saturated carbocycles. The Hall–Kier alpha value is -1.08. The normalized spacial score (nSPS) is 32.6. The molecule has 1 fully saturated rings. The highest BCUT2D eigenvalue weighted by molar-refractivity contribution is 5.61. The molecule has 84 valence electrons. The van der Waals surface area contributed by atoms with Crippen LogP contribution in [0, 0.1) is 5.92 Å². The molecule has 1 heteroatoms. The SMILES string of the molecule is C[C@@]1(O)CCCC2=Cc3ccccc3C[C@H]21. The van der Waals surface area contributed by atoms with Gasteiger partial charge in [0.05, 0.1) is 5.60 Å². The number of hydrogen-bond donors (Lipinski definition) is 1. The fourth-order valence-corrected chi connectivity index (χ4v) is 3.20. The summed E-state index contributed by atoms with van der Waals surface area (Å²) in [5.41, 5.74) is 3.69. The summed E-state index contributed by atoms with van der Waals surface area (Å²) in [5, 5.41) is 10.5. The average Bonchev–Trinajstić information content (AvgIpc) is 2.27. The Morgan fingerprint density at radius 3 is 3.00 bits per heavy atom. The Labute approximate surface area is 96.8 Å². The molecule has 0 aromatic heterocycles. The second-order valence-electron chi connectivity index (χ2n) is 5.39. The molecule has 0 spiro atoms. The van der Waals surface area contributed by atoms with E-state index in [1.165, 1.54) is 16.7 Å². The fraction of sp³-hybridized carbons (Fsp3) is 0.467. The molecule has 1 nitrogen and oxygen atoms in total. The molecule has 0 aliphatic heterocycles. The van der Waals surface area contributed by atoms with Crippen molar-refractivity contribution in [1.82, 2.24) is 0 Å². The van der Waals surface area contributed by atoms with E-state index >= 15 is 0 Å². The first-order valence-electron chi connectivity index (χ1n) is 6.17. The van der Waals surface area contributed by atoms with Gasteiger partial charge in [-0.2, -0.15) is 0 Å². The lowest BCUT2D eigenvalue weighted by Gasteiger charge is -2.41. The Balaban J connectivity index is 2.05. The highest BCUT2D eigenvalue weighted by Gasteiger charge is 2.39. The summed E-state index contributed by atoms with van der Waals surface area (Å²) in [7, 11) is 0. The molecule has 1 N–H and O–H groups in total. The first-order valence-corrected chi connectivity index (χ1v) is 6.17. The van der Waals surface area contributed by atoms with Crippen LogP contribution in [-0.2, 0) is 6.42 Å². The van der Waals surface area contributed by atoms with Crippen molar-refractivity contribution in [3.63, 3.8) is 0 Å². The molecule has 2 aliphatic rings.